The zero-order valence-electron chi connectivity index (χ0n) is 7.85. The Labute approximate surface area is 85.6 Å². The highest BCUT2D eigenvalue weighted by Gasteiger charge is 2.19. The van der Waals surface area contributed by atoms with E-state index in [-0.39, 0.29) is 0 Å². The van der Waals surface area contributed by atoms with E-state index in [0.29, 0.717) is 16.8 Å². The maximum atomic E-state index is 11.8. The summed E-state index contributed by atoms with van der Waals surface area (Å²) in [5.41, 5.74) is 0. The summed E-state index contributed by atoms with van der Waals surface area (Å²) >= 11 is 0. The summed E-state index contributed by atoms with van der Waals surface area (Å²) in [6.45, 7) is 2.01. The second kappa shape index (κ2) is 4.61. The lowest BCUT2D eigenvalue weighted by Crippen LogP contribution is -2.16. The first-order chi connectivity index (χ1) is 6.86. The number of aromatic nitrogens is 2. The van der Waals surface area contributed by atoms with E-state index in [0.717, 1.165) is 19.5 Å². The average molecular weight is 211 g/mol. The lowest BCUT2D eigenvalue weighted by molar-refractivity contribution is 0.628. The number of nitrogens with one attached hydrogen (secondary N) is 1. The Hall–Kier alpha value is -0.810. The number of nitrogens with zero attached hydrogens (tertiary/aromatic N) is 2. The third-order valence-corrected chi connectivity index (χ3v) is 3.69. The molecular weight excluding hydrogens is 198 g/mol. The van der Waals surface area contributed by atoms with Gasteiger partial charge in [0.2, 0.25) is 5.16 Å². The van der Waals surface area contributed by atoms with Gasteiger partial charge < -0.3 is 5.32 Å². The zero-order chi connectivity index (χ0) is 9.80. The first kappa shape index (κ1) is 9.73. The van der Waals surface area contributed by atoms with Crippen LogP contribution >= 0.6 is 0 Å². The number of rotatable bonds is 3. The zero-order valence-corrected chi connectivity index (χ0v) is 8.67. The van der Waals surface area contributed by atoms with E-state index in [1.54, 1.807) is 18.5 Å². The number of hydrogen-bond acceptors (Lipinski definition) is 4. The Morgan fingerprint density at radius 1 is 1.50 bits per heavy atom. The summed E-state index contributed by atoms with van der Waals surface area (Å²) < 4.78 is 11.8. The van der Waals surface area contributed by atoms with Gasteiger partial charge in [0.1, 0.15) is 0 Å². The Morgan fingerprint density at radius 3 is 2.93 bits per heavy atom. The molecule has 2 rings (SSSR count). The van der Waals surface area contributed by atoms with Gasteiger partial charge in [-0.3, -0.25) is 4.21 Å². The molecule has 0 unspecified atom stereocenters. The van der Waals surface area contributed by atoms with Gasteiger partial charge in [-0.25, -0.2) is 9.97 Å². The summed E-state index contributed by atoms with van der Waals surface area (Å²) in [5, 5.41) is 3.71. The summed E-state index contributed by atoms with van der Waals surface area (Å²) in [5.74, 6) is 1.19. The van der Waals surface area contributed by atoms with Crippen molar-refractivity contribution in [2.45, 2.75) is 11.6 Å². The van der Waals surface area contributed by atoms with Crippen LogP contribution in [-0.4, -0.2) is 33.0 Å². The van der Waals surface area contributed by atoms with E-state index in [2.05, 4.69) is 15.3 Å². The fourth-order valence-corrected chi connectivity index (χ4v) is 2.77. The molecule has 0 aromatic carbocycles. The molecule has 0 radical (unpaired) electrons. The van der Waals surface area contributed by atoms with Crippen molar-refractivity contribution in [3.63, 3.8) is 0 Å². The maximum absolute atomic E-state index is 11.8. The molecule has 0 bridgehead atoms. The highest BCUT2D eigenvalue weighted by Crippen LogP contribution is 2.11. The molecule has 2 atom stereocenters. The van der Waals surface area contributed by atoms with E-state index in [4.69, 9.17) is 0 Å². The van der Waals surface area contributed by atoms with Crippen LogP contribution in [0.3, 0.4) is 0 Å². The molecule has 1 aliphatic heterocycles. The Balaban J connectivity index is 1.95. The van der Waals surface area contributed by atoms with Crippen LogP contribution < -0.4 is 5.32 Å². The molecule has 0 saturated carbocycles. The number of hydrogen-bond donors (Lipinski definition) is 1. The normalized spacial score (nSPS) is 23.6. The van der Waals surface area contributed by atoms with Gasteiger partial charge in [-0.2, -0.15) is 0 Å². The van der Waals surface area contributed by atoms with Crippen molar-refractivity contribution < 1.29 is 4.21 Å². The molecule has 1 aromatic rings. The Morgan fingerprint density at radius 2 is 2.29 bits per heavy atom. The van der Waals surface area contributed by atoms with Crippen molar-refractivity contribution in [2.75, 3.05) is 18.8 Å². The van der Waals surface area contributed by atoms with Crippen molar-refractivity contribution in [1.82, 2.24) is 15.3 Å². The van der Waals surface area contributed by atoms with Crippen LogP contribution in [0.15, 0.2) is 23.6 Å². The molecule has 1 N–H and O–H groups in total. The predicted octanol–water partition coefficient (Wildman–Crippen LogP) is 0.194. The fraction of sp³-hybridized carbons (Fsp3) is 0.556. The molecule has 5 heteroatoms. The van der Waals surface area contributed by atoms with Gasteiger partial charge in [-0.1, -0.05) is 0 Å². The van der Waals surface area contributed by atoms with Gasteiger partial charge in [0.15, 0.2) is 0 Å². The minimum atomic E-state index is -1.04. The van der Waals surface area contributed by atoms with E-state index in [1.165, 1.54) is 0 Å². The van der Waals surface area contributed by atoms with Gasteiger partial charge >= 0.3 is 0 Å². The molecule has 1 aliphatic rings. The van der Waals surface area contributed by atoms with Crippen LogP contribution in [-0.2, 0) is 10.8 Å². The van der Waals surface area contributed by atoms with Gasteiger partial charge in [-0.15, -0.1) is 0 Å². The highest BCUT2D eigenvalue weighted by atomic mass is 32.2. The molecule has 14 heavy (non-hydrogen) atoms. The van der Waals surface area contributed by atoms with Crippen LogP contribution in [0.4, 0.5) is 0 Å². The minimum Gasteiger partial charge on any atom is -0.316 e. The minimum absolute atomic E-state index is 0.458. The summed E-state index contributed by atoms with van der Waals surface area (Å²) in [4.78, 5) is 7.98. The predicted molar refractivity (Wildman–Crippen MR) is 54.3 cm³/mol. The molecule has 2 heterocycles. The molecule has 1 saturated heterocycles. The second-order valence-electron chi connectivity index (χ2n) is 3.40. The third-order valence-electron chi connectivity index (χ3n) is 2.30. The van der Waals surface area contributed by atoms with E-state index in [9.17, 15) is 4.21 Å². The van der Waals surface area contributed by atoms with E-state index >= 15 is 0 Å². The first-order valence-corrected chi connectivity index (χ1v) is 6.04. The standard InChI is InChI=1S/C9H13N3OS/c13-14(7-8-2-5-10-6-8)9-11-3-1-4-12-9/h1,3-4,8,10H,2,5-7H2/t8-,14+/m1/s1. The van der Waals surface area contributed by atoms with E-state index < -0.39 is 10.8 Å². The van der Waals surface area contributed by atoms with Gasteiger partial charge in [0, 0.05) is 18.1 Å². The molecule has 1 aromatic heterocycles. The highest BCUT2D eigenvalue weighted by molar-refractivity contribution is 7.84. The van der Waals surface area contributed by atoms with Gasteiger partial charge in [-0.05, 0) is 31.5 Å². The summed E-state index contributed by atoms with van der Waals surface area (Å²) in [7, 11) is -1.04. The second-order valence-corrected chi connectivity index (χ2v) is 4.79. The lowest BCUT2D eigenvalue weighted by Gasteiger charge is -2.05. The topological polar surface area (TPSA) is 54.9 Å². The maximum Gasteiger partial charge on any atom is 0.218 e. The van der Waals surface area contributed by atoms with Crippen LogP contribution in [0.25, 0.3) is 0 Å². The third kappa shape index (κ3) is 2.36. The SMILES string of the molecule is O=[S@@](C[C@@H]1CCNC1)c1ncccn1. The van der Waals surface area contributed by atoms with Gasteiger partial charge in [0.05, 0.1) is 10.8 Å². The molecule has 0 aliphatic carbocycles. The van der Waals surface area contributed by atoms with Crippen molar-refractivity contribution in [1.29, 1.82) is 0 Å². The molecule has 0 amide bonds. The van der Waals surface area contributed by atoms with Crippen molar-refractivity contribution in [3.8, 4) is 0 Å². The molecule has 1 fully saturated rings. The van der Waals surface area contributed by atoms with Crippen molar-refractivity contribution in [3.05, 3.63) is 18.5 Å². The monoisotopic (exact) mass is 211 g/mol. The van der Waals surface area contributed by atoms with Crippen molar-refractivity contribution in [2.24, 2.45) is 5.92 Å². The largest absolute Gasteiger partial charge is 0.316 e. The molecule has 4 nitrogen and oxygen atoms in total. The average Bonchev–Trinajstić information content (AvgIpc) is 2.72. The van der Waals surface area contributed by atoms with Crippen LogP contribution in [0, 0.1) is 5.92 Å². The van der Waals surface area contributed by atoms with Crippen molar-refractivity contribution >= 4 is 10.8 Å². The van der Waals surface area contributed by atoms with Crippen LogP contribution in [0.1, 0.15) is 6.42 Å². The Bertz CT molecular complexity index is 311. The fourth-order valence-electron chi connectivity index (χ4n) is 1.55. The lowest BCUT2D eigenvalue weighted by atomic mass is 10.2. The summed E-state index contributed by atoms with van der Waals surface area (Å²) in [6.07, 6.45) is 4.37. The quantitative estimate of drug-likeness (QED) is 0.725. The smallest absolute Gasteiger partial charge is 0.218 e. The Kier molecular flexibility index (Phi) is 3.21. The molecule has 76 valence electrons. The first-order valence-electron chi connectivity index (χ1n) is 4.72. The van der Waals surface area contributed by atoms with Gasteiger partial charge in [0.25, 0.3) is 0 Å². The molecule has 0 spiro atoms. The molecular formula is C9H13N3OS. The van der Waals surface area contributed by atoms with E-state index in [1.807, 2.05) is 0 Å². The van der Waals surface area contributed by atoms with Crippen LogP contribution in [0.2, 0.25) is 0 Å². The van der Waals surface area contributed by atoms with Crippen LogP contribution in [0.5, 0.6) is 0 Å². The summed E-state index contributed by atoms with van der Waals surface area (Å²) in [6, 6.07) is 1.73.